The van der Waals surface area contributed by atoms with Crippen LogP contribution in [0.25, 0.3) is 0 Å². The van der Waals surface area contributed by atoms with Crippen LogP contribution in [-0.4, -0.2) is 25.6 Å². The second-order valence-corrected chi connectivity index (χ2v) is 7.00. The molecule has 0 saturated carbocycles. The fraction of sp³-hybridized carbons (Fsp3) is 0.588. The van der Waals surface area contributed by atoms with Gasteiger partial charge in [0.15, 0.2) is 17.3 Å². The van der Waals surface area contributed by atoms with Gasteiger partial charge in [-0.3, -0.25) is 4.79 Å². The van der Waals surface area contributed by atoms with Crippen LogP contribution in [0.1, 0.15) is 51.9 Å². The number of ether oxygens (including phenoxy) is 3. The number of benzene rings is 1. The van der Waals surface area contributed by atoms with Crippen LogP contribution < -0.4 is 14.2 Å². The molecule has 0 radical (unpaired) electrons. The monoisotopic (exact) mass is 294 g/mol. The van der Waals surface area contributed by atoms with Crippen LogP contribution in [0.5, 0.6) is 17.2 Å². The number of rotatable bonds is 4. The lowest BCUT2D eigenvalue weighted by Gasteiger charge is -2.25. The highest BCUT2D eigenvalue weighted by Gasteiger charge is 2.27. The first-order chi connectivity index (χ1) is 9.49. The molecule has 118 valence electrons. The van der Waals surface area contributed by atoms with Gasteiger partial charge < -0.3 is 14.2 Å². The molecule has 0 fully saturated rings. The second-order valence-electron chi connectivity index (χ2n) is 7.00. The van der Waals surface area contributed by atoms with Gasteiger partial charge in [0, 0.05) is 11.0 Å². The molecular formula is C17H26O4. The molecule has 0 aromatic heterocycles. The van der Waals surface area contributed by atoms with E-state index in [0.717, 1.165) is 0 Å². The van der Waals surface area contributed by atoms with Crippen molar-refractivity contribution in [3.8, 4) is 17.2 Å². The average Bonchev–Trinajstić information content (AvgIpc) is 2.35. The van der Waals surface area contributed by atoms with Crippen molar-refractivity contribution < 1.29 is 19.0 Å². The van der Waals surface area contributed by atoms with E-state index in [9.17, 15) is 4.79 Å². The third kappa shape index (κ3) is 4.38. The Kier molecular flexibility index (Phi) is 4.92. The number of Topliss-reactive ketones (excluding diaryl/α,β-unsaturated/α-hetero) is 1. The van der Waals surface area contributed by atoms with Crippen molar-refractivity contribution in [2.24, 2.45) is 5.41 Å². The minimum absolute atomic E-state index is 0.0291. The van der Waals surface area contributed by atoms with Gasteiger partial charge in [-0.2, -0.15) is 0 Å². The largest absolute Gasteiger partial charge is 0.493 e. The first-order valence-corrected chi connectivity index (χ1v) is 6.99. The SMILES string of the molecule is COc1cc(C(=O)C(C)(C)C)cc(OC)c1OC(C)(C)C. The standard InChI is InChI=1S/C17H26O4/c1-16(2,3)15(18)11-9-12(19-7)14(13(10-11)20-8)21-17(4,5)6/h9-10H,1-8H3. The van der Waals surface area contributed by atoms with Crippen LogP contribution in [0.3, 0.4) is 0 Å². The number of carbonyl (C=O) groups is 1. The van der Waals surface area contributed by atoms with Crippen LogP contribution >= 0.6 is 0 Å². The Morgan fingerprint density at radius 3 is 1.62 bits per heavy atom. The van der Waals surface area contributed by atoms with Gasteiger partial charge in [-0.25, -0.2) is 0 Å². The summed E-state index contributed by atoms with van der Waals surface area (Å²) in [6, 6.07) is 3.41. The van der Waals surface area contributed by atoms with Crippen LogP contribution in [-0.2, 0) is 0 Å². The molecule has 1 rings (SSSR count). The lowest BCUT2D eigenvalue weighted by Crippen LogP contribution is -2.24. The minimum atomic E-state index is -0.470. The van der Waals surface area contributed by atoms with Gasteiger partial charge in [-0.1, -0.05) is 20.8 Å². The van der Waals surface area contributed by atoms with Gasteiger partial charge in [-0.05, 0) is 32.9 Å². The molecule has 0 saturated heterocycles. The Bertz CT molecular complexity index is 494. The molecule has 0 heterocycles. The zero-order valence-corrected chi connectivity index (χ0v) is 14.3. The summed E-state index contributed by atoms with van der Waals surface area (Å²) in [5.74, 6) is 1.54. The molecule has 0 aliphatic heterocycles. The summed E-state index contributed by atoms with van der Waals surface area (Å²) in [7, 11) is 3.10. The fourth-order valence-corrected chi connectivity index (χ4v) is 1.85. The topological polar surface area (TPSA) is 44.8 Å². The first-order valence-electron chi connectivity index (χ1n) is 6.99. The van der Waals surface area contributed by atoms with Crippen molar-refractivity contribution >= 4 is 5.78 Å². The molecular weight excluding hydrogens is 268 g/mol. The second kappa shape index (κ2) is 5.96. The smallest absolute Gasteiger partial charge is 0.204 e. The Labute approximate surface area is 127 Å². The Morgan fingerprint density at radius 2 is 1.33 bits per heavy atom. The maximum Gasteiger partial charge on any atom is 0.204 e. The molecule has 0 aliphatic carbocycles. The average molecular weight is 294 g/mol. The third-order valence-electron chi connectivity index (χ3n) is 2.81. The van der Waals surface area contributed by atoms with Crippen LogP contribution in [0.2, 0.25) is 0 Å². The predicted octanol–water partition coefficient (Wildman–Crippen LogP) is 4.11. The van der Waals surface area contributed by atoms with Crippen molar-refractivity contribution in [2.75, 3.05) is 14.2 Å². The minimum Gasteiger partial charge on any atom is -0.493 e. The summed E-state index contributed by atoms with van der Waals surface area (Å²) in [4.78, 5) is 12.4. The molecule has 0 aliphatic rings. The summed E-state index contributed by atoms with van der Waals surface area (Å²) in [6.07, 6.45) is 0. The van der Waals surface area contributed by atoms with E-state index in [1.165, 1.54) is 0 Å². The number of methoxy groups -OCH3 is 2. The highest BCUT2D eigenvalue weighted by atomic mass is 16.5. The summed E-state index contributed by atoms with van der Waals surface area (Å²) < 4.78 is 16.7. The van der Waals surface area contributed by atoms with Gasteiger partial charge in [0.05, 0.1) is 14.2 Å². The van der Waals surface area contributed by atoms with Gasteiger partial charge >= 0.3 is 0 Å². The molecule has 4 nitrogen and oxygen atoms in total. The first kappa shape index (κ1) is 17.3. The van der Waals surface area contributed by atoms with Crippen LogP contribution in [0.4, 0.5) is 0 Å². The summed E-state index contributed by atoms with van der Waals surface area (Å²) in [6.45, 7) is 11.5. The summed E-state index contributed by atoms with van der Waals surface area (Å²) >= 11 is 0. The molecule has 0 N–H and O–H groups in total. The van der Waals surface area contributed by atoms with Crippen LogP contribution in [0.15, 0.2) is 12.1 Å². The number of carbonyl (C=O) groups excluding carboxylic acids is 1. The Morgan fingerprint density at radius 1 is 0.905 bits per heavy atom. The summed E-state index contributed by atoms with van der Waals surface area (Å²) in [5.41, 5.74) is -0.309. The van der Waals surface area contributed by atoms with Gasteiger partial charge in [0.1, 0.15) is 5.60 Å². The van der Waals surface area contributed by atoms with E-state index in [-0.39, 0.29) is 5.78 Å². The molecule has 4 heteroatoms. The zero-order chi connectivity index (χ0) is 16.4. The Hall–Kier alpha value is -1.71. The van der Waals surface area contributed by atoms with Crippen molar-refractivity contribution in [3.63, 3.8) is 0 Å². The van der Waals surface area contributed by atoms with E-state index in [0.29, 0.717) is 22.8 Å². The molecule has 0 bridgehead atoms. The lowest BCUT2D eigenvalue weighted by molar-refractivity contribution is 0.0857. The van der Waals surface area contributed by atoms with E-state index >= 15 is 0 Å². The van der Waals surface area contributed by atoms with E-state index in [4.69, 9.17) is 14.2 Å². The number of hydrogen-bond donors (Lipinski definition) is 0. The van der Waals surface area contributed by atoms with E-state index < -0.39 is 11.0 Å². The quantitative estimate of drug-likeness (QED) is 0.784. The number of ketones is 1. The van der Waals surface area contributed by atoms with Crippen molar-refractivity contribution in [2.45, 2.75) is 47.1 Å². The van der Waals surface area contributed by atoms with Gasteiger partial charge in [-0.15, -0.1) is 0 Å². The molecule has 0 spiro atoms. The Balaban J connectivity index is 3.40. The molecule has 0 unspecified atom stereocenters. The number of hydrogen-bond acceptors (Lipinski definition) is 4. The third-order valence-corrected chi connectivity index (χ3v) is 2.81. The molecule has 0 atom stereocenters. The summed E-state index contributed by atoms with van der Waals surface area (Å²) in [5, 5.41) is 0. The van der Waals surface area contributed by atoms with E-state index in [1.807, 2.05) is 41.5 Å². The van der Waals surface area contributed by atoms with Gasteiger partial charge in [0.25, 0.3) is 0 Å². The molecule has 1 aromatic carbocycles. The molecule has 1 aromatic rings. The van der Waals surface area contributed by atoms with E-state index in [2.05, 4.69) is 0 Å². The normalized spacial score (nSPS) is 12.0. The van der Waals surface area contributed by atoms with Crippen molar-refractivity contribution in [3.05, 3.63) is 17.7 Å². The van der Waals surface area contributed by atoms with Gasteiger partial charge in [0.2, 0.25) is 5.75 Å². The van der Waals surface area contributed by atoms with Crippen molar-refractivity contribution in [1.82, 2.24) is 0 Å². The maximum atomic E-state index is 12.4. The molecule has 0 amide bonds. The maximum absolute atomic E-state index is 12.4. The lowest BCUT2D eigenvalue weighted by atomic mass is 9.86. The zero-order valence-electron chi connectivity index (χ0n) is 14.3. The fourth-order valence-electron chi connectivity index (χ4n) is 1.85. The van der Waals surface area contributed by atoms with E-state index in [1.54, 1.807) is 26.4 Å². The predicted molar refractivity (Wildman–Crippen MR) is 83.7 cm³/mol. The van der Waals surface area contributed by atoms with Crippen molar-refractivity contribution in [1.29, 1.82) is 0 Å². The highest BCUT2D eigenvalue weighted by Crippen LogP contribution is 2.41. The highest BCUT2D eigenvalue weighted by molar-refractivity contribution is 6.00. The molecule has 21 heavy (non-hydrogen) atoms. The van der Waals surface area contributed by atoms with Crippen LogP contribution in [0, 0.1) is 5.41 Å².